The fourth-order valence-electron chi connectivity index (χ4n) is 1.99. The van der Waals surface area contributed by atoms with Gasteiger partial charge in [0.2, 0.25) is 5.91 Å². The van der Waals surface area contributed by atoms with E-state index >= 15 is 0 Å². The first-order chi connectivity index (χ1) is 9.47. The summed E-state index contributed by atoms with van der Waals surface area (Å²) in [7, 11) is 0. The van der Waals surface area contributed by atoms with Gasteiger partial charge in [-0.2, -0.15) is 0 Å². The summed E-state index contributed by atoms with van der Waals surface area (Å²) >= 11 is 5.88. The number of hydrogen-bond acceptors (Lipinski definition) is 2. The molecule has 0 heterocycles. The monoisotopic (exact) mass is 299 g/mol. The van der Waals surface area contributed by atoms with Crippen LogP contribution in [0, 0.1) is 11.7 Å². The van der Waals surface area contributed by atoms with Crippen LogP contribution in [-0.2, 0) is 16.0 Å². The van der Waals surface area contributed by atoms with Gasteiger partial charge in [0.1, 0.15) is 12.4 Å². The summed E-state index contributed by atoms with van der Waals surface area (Å²) in [6, 6.07) is 4.21. The lowest BCUT2D eigenvalue weighted by atomic mass is 10.1. The fourth-order valence-corrected chi connectivity index (χ4v) is 2.22. The molecule has 0 atom stereocenters. The van der Waals surface area contributed by atoms with Crippen LogP contribution in [0.1, 0.15) is 18.4 Å². The highest BCUT2D eigenvalue weighted by Gasteiger charge is 2.28. The van der Waals surface area contributed by atoms with Crippen molar-refractivity contribution in [2.75, 3.05) is 13.1 Å². The highest BCUT2D eigenvalue weighted by molar-refractivity contribution is 6.31. The second-order valence-electron chi connectivity index (χ2n) is 4.99. The molecule has 1 N–H and O–H groups in total. The number of amides is 1. The number of rotatable bonds is 6. The Morgan fingerprint density at radius 2 is 2.10 bits per heavy atom. The van der Waals surface area contributed by atoms with Crippen molar-refractivity contribution in [2.45, 2.75) is 19.3 Å². The molecule has 1 saturated carbocycles. The quantitative estimate of drug-likeness (QED) is 0.877. The average molecular weight is 300 g/mol. The minimum atomic E-state index is -1.07. The normalized spacial score (nSPS) is 14.1. The Morgan fingerprint density at radius 3 is 2.65 bits per heavy atom. The van der Waals surface area contributed by atoms with Crippen LogP contribution in [0.4, 0.5) is 4.39 Å². The van der Waals surface area contributed by atoms with Gasteiger partial charge in [-0.15, -0.1) is 0 Å². The van der Waals surface area contributed by atoms with Crippen LogP contribution in [-0.4, -0.2) is 35.0 Å². The molecule has 0 bridgehead atoms. The van der Waals surface area contributed by atoms with Gasteiger partial charge < -0.3 is 10.0 Å². The van der Waals surface area contributed by atoms with E-state index in [0.717, 1.165) is 12.8 Å². The smallest absolute Gasteiger partial charge is 0.323 e. The number of carbonyl (C=O) groups is 2. The van der Waals surface area contributed by atoms with Crippen molar-refractivity contribution >= 4 is 23.5 Å². The molecule has 1 aromatic rings. The molecule has 0 aliphatic heterocycles. The number of carboxylic acid groups (broad SMARTS) is 1. The molecule has 6 heteroatoms. The standard InChI is InChI=1S/C14H15ClFNO3/c15-11-2-1-3-12(16)10(11)6-13(18)17(8-14(19)20)7-9-4-5-9/h1-3,9H,4-8H2,(H,19,20). The predicted octanol–water partition coefficient (Wildman–Crippen LogP) is 2.34. The first-order valence-corrected chi connectivity index (χ1v) is 6.77. The molecule has 1 amide bonds. The van der Waals surface area contributed by atoms with E-state index in [-0.39, 0.29) is 23.6 Å². The van der Waals surface area contributed by atoms with Gasteiger partial charge in [-0.25, -0.2) is 4.39 Å². The van der Waals surface area contributed by atoms with Crippen LogP contribution < -0.4 is 0 Å². The fraction of sp³-hybridized carbons (Fsp3) is 0.429. The third-order valence-electron chi connectivity index (χ3n) is 3.24. The molecule has 0 saturated heterocycles. The second kappa shape index (κ2) is 6.22. The third-order valence-corrected chi connectivity index (χ3v) is 3.60. The van der Waals surface area contributed by atoms with E-state index in [2.05, 4.69) is 0 Å². The number of aliphatic carboxylic acids is 1. The zero-order valence-electron chi connectivity index (χ0n) is 10.8. The summed E-state index contributed by atoms with van der Waals surface area (Å²) in [5, 5.41) is 9.03. The summed E-state index contributed by atoms with van der Waals surface area (Å²) in [5.41, 5.74) is 0.116. The summed E-state index contributed by atoms with van der Waals surface area (Å²) in [6.07, 6.45) is 1.79. The maximum atomic E-state index is 13.6. The van der Waals surface area contributed by atoms with Gasteiger partial charge in [-0.3, -0.25) is 9.59 Å². The molecule has 0 radical (unpaired) electrons. The zero-order valence-corrected chi connectivity index (χ0v) is 11.6. The van der Waals surface area contributed by atoms with E-state index in [9.17, 15) is 14.0 Å². The molecule has 0 unspecified atom stereocenters. The zero-order chi connectivity index (χ0) is 14.7. The topological polar surface area (TPSA) is 57.6 Å². The van der Waals surface area contributed by atoms with Crippen molar-refractivity contribution in [1.29, 1.82) is 0 Å². The van der Waals surface area contributed by atoms with E-state index < -0.39 is 17.7 Å². The molecule has 108 valence electrons. The van der Waals surface area contributed by atoms with Gasteiger partial charge in [0, 0.05) is 17.1 Å². The van der Waals surface area contributed by atoms with Crippen LogP contribution in [0.5, 0.6) is 0 Å². The molecule has 0 spiro atoms. The molecule has 0 aromatic heterocycles. The van der Waals surface area contributed by atoms with Gasteiger partial charge in [0.15, 0.2) is 0 Å². The first-order valence-electron chi connectivity index (χ1n) is 6.40. The van der Waals surface area contributed by atoms with E-state index in [4.69, 9.17) is 16.7 Å². The van der Waals surface area contributed by atoms with Crippen molar-refractivity contribution < 1.29 is 19.1 Å². The van der Waals surface area contributed by atoms with Gasteiger partial charge >= 0.3 is 5.97 Å². The largest absolute Gasteiger partial charge is 0.480 e. The van der Waals surface area contributed by atoms with Gasteiger partial charge in [-0.05, 0) is 30.9 Å². The number of carbonyl (C=O) groups excluding carboxylic acids is 1. The number of hydrogen-bond donors (Lipinski definition) is 1. The highest BCUT2D eigenvalue weighted by Crippen LogP contribution is 2.30. The van der Waals surface area contributed by atoms with Crippen LogP contribution in [0.25, 0.3) is 0 Å². The van der Waals surface area contributed by atoms with Crippen LogP contribution >= 0.6 is 11.6 Å². The number of carboxylic acids is 1. The molecule has 1 aliphatic rings. The lowest BCUT2D eigenvalue weighted by molar-refractivity contribution is -0.144. The molecular weight excluding hydrogens is 285 g/mol. The summed E-state index contributed by atoms with van der Waals surface area (Å²) in [5.74, 6) is -1.66. The molecule has 1 aliphatic carbocycles. The minimum Gasteiger partial charge on any atom is -0.480 e. The summed E-state index contributed by atoms with van der Waals surface area (Å²) in [6.45, 7) is 0.0542. The van der Waals surface area contributed by atoms with Crippen LogP contribution in [0.3, 0.4) is 0 Å². The lowest BCUT2D eigenvalue weighted by Crippen LogP contribution is -2.38. The maximum absolute atomic E-state index is 13.6. The SMILES string of the molecule is O=C(O)CN(CC1CC1)C(=O)Cc1c(F)cccc1Cl. The van der Waals surface area contributed by atoms with Crippen LogP contribution in [0.15, 0.2) is 18.2 Å². The van der Waals surface area contributed by atoms with Gasteiger partial charge in [0.05, 0.1) is 6.42 Å². The maximum Gasteiger partial charge on any atom is 0.323 e. The Hall–Kier alpha value is -1.62. The molecule has 4 nitrogen and oxygen atoms in total. The molecule has 1 aromatic carbocycles. The lowest BCUT2D eigenvalue weighted by Gasteiger charge is -2.21. The Balaban J connectivity index is 2.08. The van der Waals surface area contributed by atoms with Crippen molar-refractivity contribution in [3.05, 3.63) is 34.6 Å². The first kappa shape index (κ1) is 14.8. The second-order valence-corrected chi connectivity index (χ2v) is 5.40. The minimum absolute atomic E-state index is 0.116. The van der Waals surface area contributed by atoms with E-state index in [1.165, 1.54) is 23.1 Å². The van der Waals surface area contributed by atoms with E-state index in [1.807, 2.05) is 0 Å². The molecule has 2 rings (SSSR count). The Labute approximate surface area is 121 Å². The van der Waals surface area contributed by atoms with Crippen molar-refractivity contribution in [1.82, 2.24) is 4.90 Å². The Morgan fingerprint density at radius 1 is 1.40 bits per heavy atom. The van der Waals surface area contributed by atoms with Crippen molar-refractivity contribution in [2.24, 2.45) is 5.92 Å². The predicted molar refractivity (Wildman–Crippen MR) is 72.1 cm³/mol. The van der Waals surface area contributed by atoms with Gasteiger partial charge in [-0.1, -0.05) is 17.7 Å². The highest BCUT2D eigenvalue weighted by atomic mass is 35.5. The van der Waals surface area contributed by atoms with Crippen molar-refractivity contribution in [3.8, 4) is 0 Å². The Bertz CT molecular complexity index is 511. The Kier molecular flexibility index (Phi) is 4.60. The van der Waals surface area contributed by atoms with Crippen LogP contribution in [0.2, 0.25) is 5.02 Å². The van der Waals surface area contributed by atoms with E-state index in [1.54, 1.807) is 0 Å². The average Bonchev–Trinajstić information content (AvgIpc) is 3.16. The molecule has 1 fully saturated rings. The number of benzene rings is 1. The summed E-state index contributed by atoms with van der Waals surface area (Å²) in [4.78, 5) is 24.2. The third kappa shape index (κ3) is 3.93. The summed E-state index contributed by atoms with van der Waals surface area (Å²) < 4.78 is 13.6. The number of halogens is 2. The van der Waals surface area contributed by atoms with E-state index in [0.29, 0.717) is 12.5 Å². The molecular formula is C14H15ClFNO3. The van der Waals surface area contributed by atoms with Gasteiger partial charge in [0.25, 0.3) is 0 Å². The van der Waals surface area contributed by atoms with Crippen molar-refractivity contribution in [3.63, 3.8) is 0 Å². The molecule has 20 heavy (non-hydrogen) atoms. The number of nitrogens with zero attached hydrogens (tertiary/aromatic N) is 1.